The zero-order valence-corrected chi connectivity index (χ0v) is 13.7. The predicted octanol–water partition coefficient (Wildman–Crippen LogP) is 3.42. The normalized spacial score (nSPS) is 11.9. The summed E-state index contributed by atoms with van der Waals surface area (Å²) in [6.45, 7) is 2.82. The van der Waals surface area contributed by atoms with Crippen LogP contribution in [0.15, 0.2) is 54.6 Å². The van der Waals surface area contributed by atoms with E-state index in [4.69, 9.17) is 5.11 Å². The molecule has 2 aromatic carbocycles. The Kier molecular flexibility index (Phi) is 6.82. The molecule has 23 heavy (non-hydrogen) atoms. The van der Waals surface area contributed by atoms with Crippen LogP contribution in [0.1, 0.15) is 42.4 Å². The van der Waals surface area contributed by atoms with E-state index in [0.29, 0.717) is 13.0 Å². The van der Waals surface area contributed by atoms with Gasteiger partial charge in [0.25, 0.3) is 0 Å². The third-order valence-electron chi connectivity index (χ3n) is 4.14. The smallest absolute Gasteiger partial charge is 0.220 e. The maximum atomic E-state index is 12.1. The lowest BCUT2D eigenvalue weighted by atomic mass is 9.93. The number of amides is 1. The lowest BCUT2D eigenvalue weighted by molar-refractivity contribution is -0.121. The van der Waals surface area contributed by atoms with E-state index in [0.717, 1.165) is 24.0 Å². The van der Waals surface area contributed by atoms with Crippen molar-refractivity contribution >= 4 is 5.91 Å². The van der Waals surface area contributed by atoms with Crippen molar-refractivity contribution in [3.8, 4) is 0 Å². The van der Waals surface area contributed by atoms with Crippen molar-refractivity contribution in [1.82, 2.24) is 5.32 Å². The van der Waals surface area contributed by atoms with E-state index in [-0.39, 0.29) is 18.4 Å². The number of hydrogen-bond donors (Lipinski definition) is 2. The van der Waals surface area contributed by atoms with Gasteiger partial charge in [0.15, 0.2) is 0 Å². The van der Waals surface area contributed by atoms with Crippen molar-refractivity contribution < 1.29 is 9.90 Å². The highest BCUT2D eigenvalue weighted by Crippen LogP contribution is 2.22. The topological polar surface area (TPSA) is 49.3 Å². The van der Waals surface area contributed by atoms with Gasteiger partial charge in [-0.3, -0.25) is 4.79 Å². The van der Waals surface area contributed by atoms with Gasteiger partial charge in [-0.1, -0.05) is 61.5 Å². The molecule has 0 spiro atoms. The summed E-state index contributed by atoms with van der Waals surface area (Å²) in [6, 6.07) is 18.0. The second-order valence-electron chi connectivity index (χ2n) is 5.79. The minimum absolute atomic E-state index is 0.0644. The number of rotatable bonds is 8. The lowest BCUT2D eigenvalue weighted by Gasteiger charge is -2.15. The second-order valence-corrected chi connectivity index (χ2v) is 5.79. The predicted molar refractivity (Wildman–Crippen MR) is 93.2 cm³/mol. The van der Waals surface area contributed by atoms with Crippen LogP contribution in [0.5, 0.6) is 0 Å². The zero-order valence-electron chi connectivity index (χ0n) is 13.7. The molecule has 0 heterocycles. The summed E-state index contributed by atoms with van der Waals surface area (Å²) in [5, 5.41) is 12.0. The van der Waals surface area contributed by atoms with E-state index in [1.165, 1.54) is 5.56 Å². The van der Waals surface area contributed by atoms with Gasteiger partial charge in [-0.2, -0.15) is 0 Å². The Morgan fingerprint density at radius 1 is 1.04 bits per heavy atom. The number of carbonyl (C=O) groups excluding carboxylic acids is 1. The number of hydrogen-bond acceptors (Lipinski definition) is 2. The van der Waals surface area contributed by atoms with E-state index in [2.05, 4.69) is 24.4 Å². The standard InChI is InChI=1S/C20H25NO2/c1-2-18(19-6-4-3-5-7-19)14-20(23)21-13-12-16-8-10-17(15-22)11-9-16/h3-11,18,22H,2,12-15H2,1H3,(H,21,23). The molecule has 1 amide bonds. The van der Waals surface area contributed by atoms with Gasteiger partial charge in [0, 0.05) is 13.0 Å². The van der Waals surface area contributed by atoms with Crippen LogP contribution in [0.2, 0.25) is 0 Å². The largest absolute Gasteiger partial charge is 0.392 e. The maximum Gasteiger partial charge on any atom is 0.220 e. The molecule has 0 aliphatic carbocycles. The van der Waals surface area contributed by atoms with E-state index in [1.807, 2.05) is 42.5 Å². The third-order valence-corrected chi connectivity index (χ3v) is 4.14. The van der Waals surface area contributed by atoms with Gasteiger partial charge in [-0.15, -0.1) is 0 Å². The molecular formula is C20H25NO2. The van der Waals surface area contributed by atoms with Crippen LogP contribution in [-0.4, -0.2) is 17.6 Å². The van der Waals surface area contributed by atoms with Gasteiger partial charge in [-0.25, -0.2) is 0 Å². The molecule has 3 heteroatoms. The van der Waals surface area contributed by atoms with Crippen molar-refractivity contribution in [1.29, 1.82) is 0 Å². The van der Waals surface area contributed by atoms with Crippen LogP contribution in [0.25, 0.3) is 0 Å². The average molecular weight is 311 g/mol. The Balaban J connectivity index is 1.77. The Morgan fingerprint density at radius 2 is 1.70 bits per heavy atom. The minimum atomic E-state index is 0.0644. The lowest BCUT2D eigenvalue weighted by Crippen LogP contribution is -2.27. The summed E-state index contributed by atoms with van der Waals surface area (Å²) in [4.78, 5) is 12.1. The zero-order chi connectivity index (χ0) is 16.5. The molecule has 0 aromatic heterocycles. The molecule has 1 unspecified atom stereocenters. The molecule has 2 aromatic rings. The summed E-state index contributed by atoms with van der Waals surface area (Å²) >= 11 is 0. The van der Waals surface area contributed by atoms with Gasteiger partial charge in [0.2, 0.25) is 5.91 Å². The molecule has 3 nitrogen and oxygen atoms in total. The first-order valence-corrected chi connectivity index (χ1v) is 8.23. The molecular weight excluding hydrogens is 286 g/mol. The molecule has 2 rings (SSSR count). The number of nitrogens with one attached hydrogen (secondary N) is 1. The van der Waals surface area contributed by atoms with E-state index < -0.39 is 0 Å². The Morgan fingerprint density at radius 3 is 2.30 bits per heavy atom. The highest BCUT2D eigenvalue weighted by Gasteiger charge is 2.13. The van der Waals surface area contributed by atoms with Gasteiger partial charge in [0.1, 0.15) is 0 Å². The van der Waals surface area contributed by atoms with Crippen LogP contribution in [-0.2, 0) is 17.8 Å². The molecule has 1 atom stereocenters. The van der Waals surface area contributed by atoms with Crippen LogP contribution in [0, 0.1) is 0 Å². The number of benzene rings is 2. The highest BCUT2D eigenvalue weighted by molar-refractivity contribution is 5.76. The number of aliphatic hydroxyl groups is 1. The minimum Gasteiger partial charge on any atom is -0.392 e. The molecule has 0 fully saturated rings. The van der Waals surface area contributed by atoms with Crippen molar-refractivity contribution in [3.63, 3.8) is 0 Å². The van der Waals surface area contributed by atoms with Gasteiger partial charge in [-0.05, 0) is 35.4 Å². The SMILES string of the molecule is CCC(CC(=O)NCCc1ccc(CO)cc1)c1ccccc1. The molecule has 122 valence electrons. The number of carbonyl (C=O) groups is 1. The van der Waals surface area contributed by atoms with E-state index in [9.17, 15) is 4.79 Å². The monoisotopic (exact) mass is 311 g/mol. The van der Waals surface area contributed by atoms with Gasteiger partial charge in [0.05, 0.1) is 6.61 Å². The molecule has 0 aliphatic heterocycles. The Labute approximate surface area is 138 Å². The fourth-order valence-electron chi connectivity index (χ4n) is 2.68. The van der Waals surface area contributed by atoms with Crippen molar-refractivity contribution in [2.75, 3.05) is 6.54 Å². The summed E-state index contributed by atoms with van der Waals surface area (Å²) in [5.74, 6) is 0.382. The summed E-state index contributed by atoms with van der Waals surface area (Å²) in [7, 11) is 0. The van der Waals surface area contributed by atoms with Crippen LogP contribution in [0.3, 0.4) is 0 Å². The maximum absolute atomic E-state index is 12.1. The van der Waals surface area contributed by atoms with Gasteiger partial charge < -0.3 is 10.4 Å². The van der Waals surface area contributed by atoms with Crippen LogP contribution in [0.4, 0.5) is 0 Å². The van der Waals surface area contributed by atoms with Crippen molar-refractivity contribution in [2.24, 2.45) is 0 Å². The first kappa shape index (κ1) is 17.2. The molecule has 0 bridgehead atoms. The summed E-state index contributed by atoms with van der Waals surface area (Å²) in [6.07, 6.45) is 2.30. The molecule has 2 N–H and O–H groups in total. The molecule has 0 aliphatic rings. The first-order chi connectivity index (χ1) is 11.2. The van der Waals surface area contributed by atoms with Crippen LogP contribution < -0.4 is 5.32 Å². The Bertz CT molecular complexity index is 593. The fourth-order valence-corrected chi connectivity index (χ4v) is 2.68. The first-order valence-electron chi connectivity index (χ1n) is 8.23. The summed E-state index contributed by atoms with van der Waals surface area (Å²) < 4.78 is 0. The highest BCUT2D eigenvalue weighted by atomic mass is 16.3. The van der Waals surface area contributed by atoms with E-state index in [1.54, 1.807) is 0 Å². The average Bonchev–Trinajstić information content (AvgIpc) is 2.61. The second kappa shape index (κ2) is 9.11. The van der Waals surface area contributed by atoms with Crippen LogP contribution >= 0.6 is 0 Å². The molecule has 0 radical (unpaired) electrons. The quantitative estimate of drug-likeness (QED) is 0.785. The molecule has 0 saturated carbocycles. The van der Waals surface area contributed by atoms with Gasteiger partial charge >= 0.3 is 0 Å². The molecule has 0 saturated heterocycles. The number of aliphatic hydroxyl groups excluding tert-OH is 1. The fraction of sp³-hybridized carbons (Fsp3) is 0.350. The van der Waals surface area contributed by atoms with Crippen molar-refractivity contribution in [3.05, 3.63) is 71.3 Å². The van der Waals surface area contributed by atoms with E-state index >= 15 is 0 Å². The Hall–Kier alpha value is -2.13. The summed E-state index contributed by atoms with van der Waals surface area (Å²) in [5.41, 5.74) is 3.30. The third kappa shape index (κ3) is 5.53. The van der Waals surface area contributed by atoms with Crippen molar-refractivity contribution in [2.45, 2.75) is 38.7 Å².